The number of ether oxygens (including phenoxy) is 2. The molecule has 10 heteroatoms. The van der Waals surface area contributed by atoms with Gasteiger partial charge in [0, 0.05) is 23.7 Å². The molecule has 4 N–H and O–H groups in total. The molecule has 2 aromatic carbocycles. The van der Waals surface area contributed by atoms with Crippen molar-refractivity contribution in [2.75, 3.05) is 25.6 Å². The van der Waals surface area contributed by atoms with Gasteiger partial charge >= 0.3 is 0 Å². The number of aromatic amines is 1. The van der Waals surface area contributed by atoms with E-state index in [1.807, 2.05) is 55.4 Å². The molecule has 0 fully saturated rings. The van der Waals surface area contributed by atoms with Crippen molar-refractivity contribution < 1.29 is 14.3 Å². The van der Waals surface area contributed by atoms with Crippen molar-refractivity contribution in [3.05, 3.63) is 47.7 Å². The molecule has 1 aliphatic rings. The predicted molar refractivity (Wildman–Crippen MR) is 141 cm³/mol. The van der Waals surface area contributed by atoms with Gasteiger partial charge in [0.25, 0.3) is 5.91 Å². The van der Waals surface area contributed by atoms with E-state index in [9.17, 15) is 4.79 Å². The molecule has 36 heavy (non-hydrogen) atoms. The summed E-state index contributed by atoms with van der Waals surface area (Å²) >= 11 is 0. The second-order valence-corrected chi connectivity index (χ2v) is 9.60. The first-order valence-corrected chi connectivity index (χ1v) is 12.2. The fourth-order valence-electron chi connectivity index (χ4n) is 4.08. The van der Waals surface area contributed by atoms with E-state index in [0.29, 0.717) is 17.4 Å². The number of amides is 1. The Kier molecular flexibility index (Phi) is 7.64. The van der Waals surface area contributed by atoms with E-state index in [-0.39, 0.29) is 24.7 Å². The normalized spacial score (nSPS) is 15.5. The molecule has 0 saturated heterocycles. The molecule has 0 bridgehead atoms. The van der Waals surface area contributed by atoms with Gasteiger partial charge in [0.15, 0.2) is 18.1 Å². The van der Waals surface area contributed by atoms with Crippen LogP contribution in [0.5, 0.6) is 11.5 Å². The Labute approximate surface area is 211 Å². The van der Waals surface area contributed by atoms with Crippen molar-refractivity contribution in [1.29, 1.82) is 0 Å². The Balaban J connectivity index is 1.55. The molecule has 10 nitrogen and oxygen atoms in total. The number of methoxy groups -OCH3 is 1. The number of nitrogens with zero attached hydrogens (tertiary/aromatic N) is 3. The molecular weight excluding hydrogens is 458 g/mol. The number of hydrogen-bond donors (Lipinski definition) is 4. The average molecular weight is 494 g/mol. The number of hydrazine groups is 1. The van der Waals surface area contributed by atoms with Crippen molar-refractivity contribution in [2.45, 2.75) is 46.8 Å². The maximum absolute atomic E-state index is 12.0. The predicted octanol–water partition coefficient (Wildman–Crippen LogP) is 3.73. The first-order valence-electron chi connectivity index (χ1n) is 12.2. The Morgan fingerprint density at radius 2 is 1.97 bits per heavy atom. The smallest absolute Gasteiger partial charge is 0.258 e. The monoisotopic (exact) mass is 493 g/mol. The lowest BCUT2D eigenvalue weighted by atomic mass is 10.1. The number of H-pyrrole nitrogens is 1. The average Bonchev–Trinajstić information content (AvgIpc) is 3.46. The van der Waals surface area contributed by atoms with Crippen molar-refractivity contribution in [3.8, 4) is 11.5 Å². The van der Waals surface area contributed by atoms with Crippen molar-refractivity contribution >= 4 is 28.5 Å². The summed E-state index contributed by atoms with van der Waals surface area (Å²) in [6, 6.07) is 9.72. The van der Waals surface area contributed by atoms with Crippen LogP contribution in [-0.4, -0.2) is 53.4 Å². The molecule has 4 rings (SSSR count). The highest BCUT2D eigenvalue weighted by molar-refractivity contribution is 5.98. The maximum Gasteiger partial charge on any atom is 0.258 e. The van der Waals surface area contributed by atoms with Crippen LogP contribution >= 0.6 is 0 Å². The summed E-state index contributed by atoms with van der Waals surface area (Å²) in [5.41, 5.74) is 7.47. The molecule has 3 aromatic rings. The summed E-state index contributed by atoms with van der Waals surface area (Å²) in [5, 5.41) is 16.6. The Morgan fingerprint density at radius 3 is 2.69 bits per heavy atom. The Morgan fingerprint density at radius 1 is 1.17 bits per heavy atom. The highest BCUT2D eigenvalue weighted by atomic mass is 16.5. The first-order chi connectivity index (χ1) is 17.2. The second kappa shape index (κ2) is 10.9. The molecule has 1 unspecified atom stereocenters. The molecule has 0 radical (unpaired) electrons. The molecule has 0 saturated carbocycles. The lowest BCUT2D eigenvalue weighted by Crippen LogP contribution is -2.43. The van der Waals surface area contributed by atoms with Crippen LogP contribution in [0.2, 0.25) is 0 Å². The minimum Gasteiger partial charge on any atom is -0.493 e. The molecule has 0 aliphatic carbocycles. The van der Waals surface area contributed by atoms with Crippen LogP contribution in [-0.2, 0) is 4.79 Å². The van der Waals surface area contributed by atoms with Crippen LogP contribution in [0, 0.1) is 12.8 Å². The third-order valence-electron chi connectivity index (χ3n) is 5.78. The number of aromatic nitrogens is 2. The van der Waals surface area contributed by atoms with E-state index in [1.54, 1.807) is 7.11 Å². The van der Waals surface area contributed by atoms with Gasteiger partial charge in [-0.2, -0.15) is 5.10 Å². The van der Waals surface area contributed by atoms with E-state index in [0.717, 1.165) is 40.2 Å². The third kappa shape index (κ3) is 5.71. The van der Waals surface area contributed by atoms with Gasteiger partial charge in [-0.15, -0.1) is 0 Å². The van der Waals surface area contributed by atoms with Crippen molar-refractivity contribution in [2.24, 2.45) is 10.9 Å². The minimum atomic E-state index is -0.309. The van der Waals surface area contributed by atoms with Gasteiger partial charge in [0.05, 0.1) is 18.8 Å². The lowest BCUT2D eigenvalue weighted by molar-refractivity contribution is -0.123. The van der Waals surface area contributed by atoms with Crippen molar-refractivity contribution in [1.82, 2.24) is 25.9 Å². The van der Waals surface area contributed by atoms with Crippen molar-refractivity contribution in [3.63, 3.8) is 0 Å². The van der Waals surface area contributed by atoms with Crippen LogP contribution < -0.4 is 25.5 Å². The van der Waals surface area contributed by atoms with Gasteiger partial charge in [-0.25, -0.2) is 10.4 Å². The van der Waals surface area contributed by atoms with Gasteiger partial charge in [0.1, 0.15) is 6.17 Å². The summed E-state index contributed by atoms with van der Waals surface area (Å²) in [6.45, 7) is 10.9. The van der Waals surface area contributed by atoms with E-state index in [4.69, 9.17) is 14.5 Å². The molecule has 1 atom stereocenters. The highest BCUT2D eigenvalue weighted by Crippen LogP contribution is 2.33. The molecule has 1 aromatic heterocycles. The van der Waals surface area contributed by atoms with Gasteiger partial charge in [-0.1, -0.05) is 19.9 Å². The number of benzene rings is 2. The van der Waals surface area contributed by atoms with Gasteiger partial charge in [0.2, 0.25) is 5.96 Å². The molecule has 192 valence electrons. The number of hydrogen-bond acceptors (Lipinski definition) is 8. The lowest BCUT2D eigenvalue weighted by Gasteiger charge is -2.24. The van der Waals surface area contributed by atoms with E-state index in [2.05, 4.69) is 47.0 Å². The summed E-state index contributed by atoms with van der Waals surface area (Å²) in [7, 11) is 1.58. The number of carbonyl (C=O) groups excluding carboxylic acids is 1. The second-order valence-electron chi connectivity index (χ2n) is 9.60. The molecular formula is C26H35N7O3. The summed E-state index contributed by atoms with van der Waals surface area (Å²) in [5.74, 6) is 2.03. The zero-order valence-electron chi connectivity index (χ0n) is 21.7. The van der Waals surface area contributed by atoms with Gasteiger partial charge < -0.3 is 20.1 Å². The fraction of sp³-hybridized carbons (Fsp3) is 0.423. The molecule has 0 spiro atoms. The summed E-state index contributed by atoms with van der Waals surface area (Å²) in [6.07, 6.45) is 1.53. The standard InChI is InChI=1S/C26H35N7O3/c1-15(2)13-33-26(29-20-8-9-21-19(17(20)5)12-27-31-21)30-25(32-33)18-7-10-22(23(11-18)35-6)36-14-24(34)28-16(3)4/h7-12,15-16,25,32H,13-14H2,1-6H3,(H,27,31)(H,28,34)(H,29,30). The summed E-state index contributed by atoms with van der Waals surface area (Å²) in [4.78, 5) is 16.9. The van der Waals surface area contributed by atoms with E-state index in [1.165, 1.54) is 0 Å². The topological polar surface area (TPSA) is 116 Å². The number of guanidine groups is 1. The van der Waals surface area contributed by atoms with E-state index < -0.39 is 0 Å². The Hall–Kier alpha value is -3.79. The number of aryl methyl sites for hydroxylation is 1. The van der Waals surface area contributed by atoms with Gasteiger partial charge in [-0.3, -0.25) is 14.9 Å². The van der Waals surface area contributed by atoms with Gasteiger partial charge in [-0.05, 0) is 62.1 Å². The largest absolute Gasteiger partial charge is 0.493 e. The van der Waals surface area contributed by atoms with Crippen LogP contribution in [0.4, 0.5) is 5.69 Å². The third-order valence-corrected chi connectivity index (χ3v) is 5.78. The zero-order valence-corrected chi connectivity index (χ0v) is 21.7. The number of anilines is 1. The van der Waals surface area contributed by atoms with Crippen LogP contribution in [0.1, 0.15) is 45.0 Å². The molecule has 1 amide bonds. The van der Waals surface area contributed by atoms with E-state index >= 15 is 0 Å². The van der Waals surface area contributed by atoms with Crippen LogP contribution in [0.15, 0.2) is 41.5 Å². The number of fused-ring (bicyclic) bond motifs is 1. The number of nitrogens with one attached hydrogen (secondary N) is 4. The number of carbonyl (C=O) groups is 1. The Bertz CT molecular complexity index is 1250. The minimum absolute atomic E-state index is 0.0543. The summed E-state index contributed by atoms with van der Waals surface area (Å²) < 4.78 is 11.3. The van der Waals surface area contributed by atoms with Crippen LogP contribution in [0.3, 0.4) is 0 Å². The first kappa shape index (κ1) is 25.3. The fourth-order valence-corrected chi connectivity index (χ4v) is 4.08. The maximum atomic E-state index is 12.0. The number of aliphatic imine (C=N–C) groups is 1. The molecule has 2 heterocycles. The zero-order chi connectivity index (χ0) is 25.8. The highest BCUT2D eigenvalue weighted by Gasteiger charge is 2.28. The number of rotatable bonds is 9. The quantitative estimate of drug-likeness (QED) is 0.359. The molecule has 1 aliphatic heterocycles. The SMILES string of the molecule is COc1cc(C2N=C(Nc3ccc4[nH]ncc4c3C)N(CC(C)C)N2)ccc1OCC(=O)NC(C)C. The van der Waals surface area contributed by atoms with Crippen LogP contribution in [0.25, 0.3) is 10.9 Å².